The Balaban J connectivity index is 2.14. The number of hydrogen-bond donors (Lipinski definition) is 1. The highest BCUT2D eigenvalue weighted by Crippen LogP contribution is 2.22. The first kappa shape index (κ1) is 14.0. The summed E-state index contributed by atoms with van der Waals surface area (Å²) in [4.78, 5) is 14.2. The average Bonchev–Trinajstić information content (AvgIpc) is 2.98. The maximum atomic E-state index is 12.4. The zero-order chi connectivity index (χ0) is 13.7. The Bertz CT molecular complexity index is 512. The van der Waals surface area contributed by atoms with Crippen molar-refractivity contribution in [1.29, 1.82) is 0 Å². The van der Waals surface area contributed by atoms with E-state index in [0.717, 1.165) is 23.5 Å². The lowest BCUT2D eigenvalue weighted by Crippen LogP contribution is -2.36. The van der Waals surface area contributed by atoms with Crippen molar-refractivity contribution in [3.8, 4) is 11.8 Å². The molecule has 1 heterocycles. The highest BCUT2D eigenvalue weighted by molar-refractivity contribution is 7.99. The van der Waals surface area contributed by atoms with E-state index in [4.69, 9.17) is 5.11 Å². The monoisotopic (exact) mass is 275 g/mol. The van der Waals surface area contributed by atoms with Gasteiger partial charge < -0.3 is 10.0 Å². The second-order valence-electron chi connectivity index (χ2n) is 4.47. The number of aliphatic hydroxyl groups is 1. The van der Waals surface area contributed by atoms with Crippen LogP contribution in [-0.2, 0) is 0 Å². The van der Waals surface area contributed by atoms with Crippen LogP contribution in [0.3, 0.4) is 0 Å². The fourth-order valence-corrected chi connectivity index (χ4v) is 3.34. The number of hydrogen-bond acceptors (Lipinski definition) is 3. The molecule has 1 saturated heterocycles. The minimum Gasteiger partial charge on any atom is -0.384 e. The number of nitrogens with zero attached hydrogens (tertiary/aromatic N) is 1. The van der Waals surface area contributed by atoms with Crippen molar-refractivity contribution >= 4 is 17.7 Å². The number of benzene rings is 1. The smallest absolute Gasteiger partial charge is 0.253 e. The van der Waals surface area contributed by atoms with Gasteiger partial charge in [0.1, 0.15) is 6.61 Å². The van der Waals surface area contributed by atoms with E-state index < -0.39 is 0 Å². The van der Waals surface area contributed by atoms with Crippen LogP contribution < -0.4 is 0 Å². The van der Waals surface area contributed by atoms with E-state index in [9.17, 15) is 4.79 Å². The van der Waals surface area contributed by atoms with Crippen LogP contribution in [0.4, 0.5) is 0 Å². The molecule has 1 fully saturated rings. The molecule has 0 aliphatic carbocycles. The Morgan fingerprint density at radius 2 is 2.42 bits per heavy atom. The summed E-state index contributed by atoms with van der Waals surface area (Å²) >= 11 is 1.89. The largest absolute Gasteiger partial charge is 0.384 e. The molecule has 0 spiro atoms. The van der Waals surface area contributed by atoms with Crippen molar-refractivity contribution in [2.24, 2.45) is 0 Å². The fourth-order valence-electron chi connectivity index (χ4n) is 2.07. The van der Waals surface area contributed by atoms with Gasteiger partial charge in [-0.3, -0.25) is 4.79 Å². The normalized spacial score (nSPS) is 17.7. The van der Waals surface area contributed by atoms with Gasteiger partial charge in [-0.2, -0.15) is 11.8 Å². The summed E-state index contributed by atoms with van der Waals surface area (Å²) in [6.45, 7) is -0.169. The number of thioether (sulfide) groups is 1. The second kappa shape index (κ2) is 6.65. The zero-order valence-electron chi connectivity index (χ0n) is 10.9. The molecule has 0 radical (unpaired) electrons. The van der Waals surface area contributed by atoms with Crippen LogP contribution in [0, 0.1) is 11.8 Å². The molecular weight excluding hydrogens is 258 g/mol. The third-order valence-corrected chi connectivity index (χ3v) is 4.34. The minimum atomic E-state index is -0.169. The SMILES string of the molecule is CN(C(=O)c1cccc(C#CCO)c1)C1CCSC1. The van der Waals surface area contributed by atoms with E-state index in [1.165, 1.54) is 0 Å². The summed E-state index contributed by atoms with van der Waals surface area (Å²) in [6, 6.07) is 7.59. The summed E-state index contributed by atoms with van der Waals surface area (Å²) in [7, 11) is 1.87. The van der Waals surface area contributed by atoms with Crippen LogP contribution in [-0.4, -0.2) is 47.1 Å². The predicted molar refractivity (Wildman–Crippen MR) is 78.2 cm³/mol. The van der Waals surface area contributed by atoms with Gasteiger partial charge in [-0.1, -0.05) is 17.9 Å². The maximum absolute atomic E-state index is 12.4. The Morgan fingerprint density at radius 1 is 1.58 bits per heavy atom. The first-order chi connectivity index (χ1) is 9.22. The van der Waals surface area contributed by atoms with Gasteiger partial charge in [0.05, 0.1) is 0 Å². The van der Waals surface area contributed by atoms with Crippen molar-refractivity contribution in [2.45, 2.75) is 12.5 Å². The molecule has 0 saturated carbocycles. The van der Waals surface area contributed by atoms with Gasteiger partial charge in [0.15, 0.2) is 0 Å². The molecule has 3 nitrogen and oxygen atoms in total. The molecule has 1 atom stereocenters. The molecule has 2 rings (SSSR count). The number of aliphatic hydroxyl groups excluding tert-OH is 1. The first-order valence-corrected chi connectivity index (χ1v) is 7.42. The van der Waals surface area contributed by atoms with Crippen molar-refractivity contribution in [1.82, 2.24) is 4.90 Å². The second-order valence-corrected chi connectivity index (χ2v) is 5.62. The van der Waals surface area contributed by atoms with E-state index >= 15 is 0 Å². The van der Waals surface area contributed by atoms with Crippen molar-refractivity contribution in [3.05, 3.63) is 35.4 Å². The van der Waals surface area contributed by atoms with Gasteiger partial charge in [-0.05, 0) is 30.4 Å². The lowest BCUT2D eigenvalue weighted by molar-refractivity contribution is 0.0748. The topological polar surface area (TPSA) is 40.5 Å². The Kier molecular flexibility index (Phi) is 4.89. The lowest BCUT2D eigenvalue weighted by Gasteiger charge is -2.23. The van der Waals surface area contributed by atoms with Crippen molar-refractivity contribution in [3.63, 3.8) is 0 Å². The molecular formula is C15H17NO2S. The Labute approximate surface area is 118 Å². The third-order valence-electron chi connectivity index (χ3n) is 3.20. The molecule has 1 aromatic carbocycles. The van der Waals surface area contributed by atoms with Crippen molar-refractivity contribution in [2.75, 3.05) is 25.2 Å². The average molecular weight is 275 g/mol. The van der Waals surface area contributed by atoms with E-state index in [1.807, 2.05) is 41.9 Å². The standard InChI is InChI=1S/C15H17NO2S/c1-16(14-7-9-19-11-14)15(18)13-6-2-4-12(10-13)5-3-8-17/h2,4,6,10,14,17H,7-9,11H2,1H3. The fraction of sp³-hybridized carbons (Fsp3) is 0.400. The number of rotatable bonds is 2. The predicted octanol–water partition coefficient (Wildman–Crippen LogP) is 1.61. The third kappa shape index (κ3) is 3.52. The van der Waals surface area contributed by atoms with Gasteiger partial charge in [0, 0.05) is 30.0 Å². The number of amides is 1. The van der Waals surface area contributed by atoms with Gasteiger partial charge in [0.25, 0.3) is 5.91 Å². The summed E-state index contributed by atoms with van der Waals surface area (Å²) in [6.07, 6.45) is 1.07. The van der Waals surface area contributed by atoms with E-state index in [0.29, 0.717) is 11.6 Å². The maximum Gasteiger partial charge on any atom is 0.253 e. The molecule has 1 aliphatic rings. The Hall–Kier alpha value is -1.44. The molecule has 1 amide bonds. The van der Waals surface area contributed by atoms with Crippen LogP contribution >= 0.6 is 11.8 Å². The van der Waals surface area contributed by atoms with Gasteiger partial charge in [-0.25, -0.2) is 0 Å². The van der Waals surface area contributed by atoms with Crippen LogP contribution in [0.5, 0.6) is 0 Å². The molecule has 0 bridgehead atoms. The quantitative estimate of drug-likeness (QED) is 0.834. The first-order valence-electron chi connectivity index (χ1n) is 6.27. The van der Waals surface area contributed by atoms with E-state index in [1.54, 1.807) is 6.07 Å². The Morgan fingerprint density at radius 3 is 3.11 bits per heavy atom. The molecule has 1 unspecified atom stereocenters. The van der Waals surface area contributed by atoms with Gasteiger partial charge in [0.2, 0.25) is 0 Å². The summed E-state index contributed by atoms with van der Waals surface area (Å²) in [5, 5.41) is 8.69. The lowest BCUT2D eigenvalue weighted by atomic mass is 10.1. The van der Waals surface area contributed by atoms with Crippen LogP contribution in [0.2, 0.25) is 0 Å². The summed E-state index contributed by atoms with van der Waals surface area (Å²) in [5.41, 5.74) is 1.42. The van der Waals surface area contributed by atoms with E-state index in [2.05, 4.69) is 11.8 Å². The molecule has 19 heavy (non-hydrogen) atoms. The van der Waals surface area contributed by atoms with Crippen LogP contribution in [0.1, 0.15) is 22.3 Å². The van der Waals surface area contributed by atoms with Crippen LogP contribution in [0.25, 0.3) is 0 Å². The molecule has 1 N–H and O–H groups in total. The number of carbonyl (C=O) groups excluding carboxylic acids is 1. The molecule has 1 aliphatic heterocycles. The highest BCUT2D eigenvalue weighted by atomic mass is 32.2. The zero-order valence-corrected chi connectivity index (χ0v) is 11.7. The summed E-state index contributed by atoms with van der Waals surface area (Å²) < 4.78 is 0. The van der Waals surface area contributed by atoms with E-state index in [-0.39, 0.29) is 12.5 Å². The molecule has 1 aromatic rings. The van der Waals surface area contributed by atoms with Crippen molar-refractivity contribution < 1.29 is 9.90 Å². The number of carbonyl (C=O) groups is 1. The molecule has 4 heteroatoms. The molecule has 0 aromatic heterocycles. The van der Waals surface area contributed by atoms with Gasteiger partial charge in [-0.15, -0.1) is 0 Å². The van der Waals surface area contributed by atoms with Crippen LogP contribution in [0.15, 0.2) is 24.3 Å². The summed E-state index contributed by atoms with van der Waals surface area (Å²) in [5.74, 6) is 7.61. The minimum absolute atomic E-state index is 0.0418. The highest BCUT2D eigenvalue weighted by Gasteiger charge is 2.24. The van der Waals surface area contributed by atoms with Gasteiger partial charge >= 0.3 is 0 Å². The molecule has 100 valence electrons.